The summed E-state index contributed by atoms with van der Waals surface area (Å²) in [6, 6.07) is 13.3. The zero-order valence-electron chi connectivity index (χ0n) is 25.4. The van der Waals surface area contributed by atoms with Gasteiger partial charge in [0.2, 0.25) is 0 Å². The van der Waals surface area contributed by atoms with E-state index in [9.17, 15) is 13.6 Å². The molecule has 3 atom stereocenters. The molecule has 0 amide bonds. The number of rotatable bonds is 14. The molecular formula is C35H43F2N3O2. The molecule has 0 bridgehead atoms. The van der Waals surface area contributed by atoms with Crippen LogP contribution in [0.25, 0.3) is 11.3 Å². The highest BCUT2D eigenvalue weighted by atomic mass is 19.3. The lowest BCUT2D eigenvalue weighted by molar-refractivity contribution is -0.108. The second kappa shape index (κ2) is 13.7. The third-order valence-corrected chi connectivity index (χ3v) is 8.46. The Hall–Kier alpha value is -3.45. The van der Waals surface area contributed by atoms with Gasteiger partial charge in [-0.3, -0.25) is 9.97 Å². The second-order valence-corrected chi connectivity index (χ2v) is 11.9. The molecule has 0 aliphatic carbocycles. The number of anilines is 1. The summed E-state index contributed by atoms with van der Waals surface area (Å²) in [4.78, 5) is 23.3. The first-order valence-corrected chi connectivity index (χ1v) is 14.9. The van der Waals surface area contributed by atoms with Crippen molar-refractivity contribution in [2.45, 2.75) is 84.3 Å². The van der Waals surface area contributed by atoms with Crippen molar-refractivity contribution in [3.8, 4) is 11.3 Å². The van der Waals surface area contributed by atoms with Crippen molar-refractivity contribution in [2.24, 2.45) is 5.41 Å². The van der Waals surface area contributed by atoms with Gasteiger partial charge in [-0.1, -0.05) is 39.0 Å². The van der Waals surface area contributed by atoms with Gasteiger partial charge in [-0.05, 0) is 73.1 Å². The Morgan fingerprint density at radius 1 is 1.14 bits per heavy atom. The number of fused-ring (bicyclic) bond motifs is 1. The summed E-state index contributed by atoms with van der Waals surface area (Å²) in [6.45, 7) is 13.2. The molecule has 0 saturated carbocycles. The Morgan fingerprint density at radius 2 is 1.93 bits per heavy atom. The monoisotopic (exact) mass is 575 g/mol. The standard InChI is InChI=1S/C35H43F2N3O2/c1-7-12-25-19-24(34(36)37)21-29(39-25)23-14-15-30-27(20-23)28(22-35(4,5)16-11-18-41)33(40(30)9-3)26-13-10-17-38-32(26)31(8-2)42-6/h7,10,13-15,17-21,28,31,33-34H,1,8-9,11-12,16,22H2,2-6H3. The number of ether oxygens (including phenoxy) is 1. The summed E-state index contributed by atoms with van der Waals surface area (Å²) >= 11 is 0. The minimum Gasteiger partial charge on any atom is -0.375 e. The van der Waals surface area contributed by atoms with Crippen LogP contribution < -0.4 is 4.90 Å². The smallest absolute Gasteiger partial charge is 0.263 e. The number of aldehydes is 1. The number of benzene rings is 1. The first-order chi connectivity index (χ1) is 20.2. The van der Waals surface area contributed by atoms with Crippen LogP contribution >= 0.6 is 0 Å². The number of hydrogen-bond acceptors (Lipinski definition) is 5. The van der Waals surface area contributed by atoms with Crippen LogP contribution in [0, 0.1) is 5.41 Å². The van der Waals surface area contributed by atoms with Crippen LogP contribution in [-0.4, -0.2) is 29.9 Å². The largest absolute Gasteiger partial charge is 0.375 e. The Labute approximate surface area is 249 Å². The highest BCUT2D eigenvalue weighted by Gasteiger charge is 2.43. The van der Waals surface area contributed by atoms with Crippen LogP contribution in [-0.2, 0) is 16.0 Å². The molecule has 4 rings (SSSR count). The summed E-state index contributed by atoms with van der Waals surface area (Å²) in [7, 11) is 1.72. The van der Waals surface area contributed by atoms with E-state index in [1.807, 2.05) is 18.3 Å². The summed E-state index contributed by atoms with van der Waals surface area (Å²) < 4.78 is 33.6. The van der Waals surface area contributed by atoms with Crippen molar-refractivity contribution in [1.82, 2.24) is 9.97 Å². The zero-order valence-corrected chi connectivity index (χ0v) is 25.4. The lowest BCUT2D eigenvalue weighted by Gasteiger charge is -2.35. The second-order valence-electron chi connectivity index (χ2n) is 11.9. The molecule has 0 fully saturated rings. The molecule has 1 aliphatic heterocycles. The highest BCUT2D eigenvalue weighted by Crippen LogP contribution is 2.55. The topological polar surface area (TPSA) is 55.3 Å². The van der Waals surface area contributed by atoms with Gasteiger partial charge in [0.05, 0.1) is 23.5 Å². The van der Waals surface area contributed by atoms with Crippen LogP contribution in [0.2, 0.25) is 0 Å². The number of carbonyl (C=O) groups is 1. The number of methoxy groups -OCH3 is 1. The molecular weight excluding hydrogens is 532 g/mol. The molecule has 1 aromatic carbocycles. The Balaban J connectivity index is 1.90. The molecule has 0 radical (unpaired) electrons. The van der Waals surface area contributed by atoms with Crippen molar-refractivity contribution < 1.29 is 18.3 Å². The van der Waals surface area contributed by atoms with E-state index in [4.69, 9.17) is 14.7 Å². The van der Waals surface area contributed by atoms with E-state index in [1.54, 1.807) is 13.2 Å². The van der Waals surface area contributed by atoms with E-state index < -0.39 is 6.43 Å². The molecule has 7 heteroatoms. The summed E-state index contributed by atoms with van der Waals surface area (Å²) in [5.74, 6) is 0.0739. The number of alkyl halides is 2. The first-order valence-electron chi connectivity index (χ1n) is 14.9. The molecule has 5 nitrogen and oxygen atoms in total. The minimum absolute atomic E-state index is 0.000315. The SMILES string of the molecule is C=CCc1cc(C(F)F)cc(-c2ccc3c(c2)C(CC(C)(C)CCC=O)C(c2cccnc2C(CC)OC)N3CC)n1. The van der Waals surface area contributed by atoms with Gasteiger partial charge in [0.1, 0.15) is 6.29 Å². The van der Waals surface area contributed by atoms with Crippen molar-refractivity contribution in [1.29, 1.82) is 0 Å². The molecule has 1 aliphatic rings. The number of aromatic nitrogens is 2. The summed E-state index contributed by atoms with van der Waals surface area (Å²) in [6.07, 6.45) is 5.10. The normalized spacial score (nSPS) is 17.4. The van der Waals surface area contributed by atoms with E-state index >= 15 is 0 Å². The Morgan fingerprint density at radius 3 is 2.57 bits per heavy atom. The fourth-order valence-electron chi connectivity index (χ4n) is 6.49. The molecule has 224 valence electrons. The molecule has 3 unspecified atom stereocenters. The highest BCUT2D eigenvalue weighted by molar-refractivity contribution is 5.72. The van der Waals surface area contributed by atoms with E-state index in [0.717, 1.165) is 60.2 Å². The first kappa shape index (κ1) is 31.5. The molecule has 3 heterocycles. The van der Waals surface area contributed by atoms with Gasteiger partial charge in [-0.2, -0.15) is 0 Å². The van der Waals surface area contributed by atoms with Crippen LogP contribution in [0.4, 0.5) is 14.5 Å². The van der Waals surface area contributed by atoms with E-state index in [1.165, 1.54) is 12.1 Å². The van der Waals surface area contributed by atoms with Crippen LogP contribution in [0.5, 0.6) is 0 Å². The lowest BCUT2D eigenvalue weighted by Crippen LogP contribution is -2.30. The van der Waals surface area contributed by atoms with Crippen LogP contribution in [0.1, 0.15) is 106 Å². The predicted octanol–water partition coefficient (Wildman–Crippen LogP) is 8.97. The molecule has 42 heavy (non-hydrogen) atoms. The van der Waals surface area contributed by atoms with Gasteiger partial charge in [0.25, 0.3) is 6.43 Å². The van der Waals surface area contributed by atoms with E-state index in [-0.39, 0.29) is 29.0 Å². The molecule has 2 aromatic heterocycles. The molecule has 0 saturated heterocycles. The van der Waals surface area contributed by atoms with Gasteiger partial charge >= 0.3 is 0 Å². The average Bonchev–Trinajstić information content (AvgIpc) is 3.28. The van der Waals surface area contributed by atoms with Crippen molar-refractivity contribution in [3.63, 3.8) is 0 Å². The Bertz CT molecular complexity index is 1390. The Kier molecular flexibility index (Phi) is 10.3. The van der Waals surface area contributed by atoms with Gasteiger partial charge in [-0.25, -0.2) is 8.78 Å². The van der Waals surface area contributed by atoms with Crippen LogP contribution in [0.15, 0.2) is 61.3 Å². The lowest BCUT2D eigenvalue weighted by atomic mass is 9.74. The van der Waals surface area contributed by atoms with Gasteiger partial charge in [0.15, 0.2) is 0 Å². The average molecular weight is 576 g/mol. The maximum Gasteiger partial charge on any atom is 0.263 e. The number of carbonyl (C=O) groups excluding carboxylic acids is 1. The van der Waals surface area contributed by atoms with Gasteiger partial charge in [0, 0.05) is 61.1 Å². The summed E-state index contributed by atoms with van der Waals surface area (Å²) in [5.41, 5.74) is 6.12. The fourth-order valence-corrected chi connectivity index (χ4v) is 6.49. The van der Waals surface area contributed by atoms with Gasteiger partial charge in [-0.15, -0.1) is 6.58 Å². The van der Waals surface area contributed by atoms with E-state index in [0.29, 0.717) is 24.2 Å². The molecule has 3 aromatic rings. The third-order valence-electron chi connectivity index (χ3n) is 8.46. The van der Waals surface area contributed by atoms with Crippen molar-refractivity contribution >= 4 is 12.0 Å². The van der Waals surface area contributed by atoms with Crippen molar-refractivity contribution in [2.75, 3.05) is 18.6 Å². The number of likely N-dealkylation sites (N-methyl/N-ethyl adjacent to an activating group) is 1. The third kappa shape index (κ3) is 6.62. The number of hydrogen-bond donors (Lipinski definition) is 0. The maximum absolute atomic E-state index is 13.8. The van der Waals surface area contributed by atoms with Gasteiger partial charge < -0.3 is 14.4 Å². The number of nitrogens with zero attached hydrogens (tertiary/aromatic N) is 3. The quantitative estimate of drug-likeness (QED) is 0.142. The van der Waals surface area contributed by atoms with Crippen molar-refractivity contribution in [3.05, 3.63) is 89.4 Å². The van der Waals surface area contributed by atoms with Crippen LogP contribution in [0.3, 0.4) is 0 Å². The number of allylic oxidation sites excluding steroid dienone is 1. The van der Waals surface area contributed by atoms with E-state index in [2.05, 4.69) is 57.4 Å². The number of pyridine rings is 2. The predicted molar refractivity (Wildman–Crippen MR) is 165 cm³/mol. The minimum atomic E-state index is -2.59. The number of halogens is 2. The fraction of sp³-hybridized carbons (Fsp3) is 0.457. The zero-order chi connectivity index (χ0) is 30.4. The summed E-state index contributed by atoms with van der Waals surface area (Å²) in [5, 5.41) is 0. The molecule has 0 N–H and O–H groups in total. The maximum atomic E-state index is 13.8. The molecule has 0 spiro atoms.